The van der Waals surface area contributed by atoms with Gasteiger partial charge in [-0.05, 0) is 31.4 Å². The van der Waals surface area contributed by atoms with E-state index in [9.17, 15) is 0 Å². The molecule has 4 heteroatoms. The Morgan fingerprint density at radius 2 is 2.17 bits per heavy atom. The van der Waals surface area contributed by atoms with Crippen LogP contribution in [0.15, 0.2) is 39.4 Å². The zero-order chi connectivity index (χ0) is 12.6. The van der Waals surface area contributed by atoms with Crippen LogP contribution in [0.1, 0.15) is 30.1 Å². The summed E-state index contributed by atoms with van der Waals surface area (Å²) in [7, 11) is 0. The van der Waals surface area contributed by atoms with Gasteiger partial charge in [0.15, 0.2) is 0 Å². The summed E-state index contributed by atoms with van der Waals surface area (Å²) in [4.78, 5) is 4.22. The number of aromatic nitrogens is 1. The summed E-state index contributed by atoms with van der Waals surface area (Å²) in [5, 5.41) is 3.57. The first-order valence-electron chi connectivity index (χ1n) is 6.11. The van der Waals surface area contributed by atoms with Gasteiger partial charge in [0.1, 0.15) is 5.76 Å². The molecule has 0 saturated heterocycles. The number of hydrogen-bond acceptors (Lipinski definition) is 3. The first kappa shape index (κ1) is 11.9. The van der Waals surface area contributed by atoms with Gasteiger partial charge in [-0.3, -0.25) is 5.32 Å². The van der Waals surface area contributed by atoms with Crippen LogP contribution in [-0.2, 0) is 12.1 Å². The standard InChI is InChI=1S/C14H15BrN2O/c1-10-8-16-13(18-10)9-17-14(6-7-14)11-4-2-3-5-12(11)15/h2-5,8,17H,6-7,9H2,1H3. The van der Waals surface area contributed by atoms with Gasteiger partial charge in [0, 0.05) is 10.0 Å². The Bertz CT molecular complexity index is 560. The van der Waals surface area contributed by atoms with Crippen molar-refractivity contribution < 1.29 is 4.42 Å². The molecule has 1 fully saturated rings. The van der Waals surface area contributed by atoms with E-state index in [0.29, 0.717) is 6.54 Å². The van der Waals surface area contributed by atoms with Crippen LogP contribution in [0, 0.1) is 6.92 Å². The SMILES string of the molecule is Cc1cnc(CNC2(c3ccccc3Br)CC2)o1. The highest BCUT2D eigenvalue weighted by Crippen LogP contribution is 2.48. The molecular formula is C14H15BrN2O. The molecule has 2 aromatic rings. The normalized spacial score (nSPS) is 16.8. The molecule has 1 N–H and O–H groups in total. The zero-order valence-electron chi connectivity index (χ0n) is 10.2. The third-order valence-electron chi connectivity index (χ3n) is 3.39. The molecule has 1 heterocycles. The number of aryl methyl sites for hydroxylation is 1. The number of oxazole rings is 1. The Morgan fingerprint density at radius 1 is 1.39 bits per heavy atom. The van der Waals surface area contributed by atoms with Crippen LogP contribution in [0.3, 0.4) is 0 Å². The van der Waals surface area contributed by atoms with Crippen molar-refractivity contribution in [1.29, 1.82) is 0 Å². The maximum Gasteiger partial charge on any atom is 0.208 e. The van der Waals surface area contributed by atoms with Crippen LogP contribution in [0.5, 0.6) is 0 Å². The van der Waals surface area contributed by atoms with Gasteiger partial charge in [-0.1, -0.05) is 34.1 Å². The second-order valence-corrected chi connectivity index (χ2v) is 5.63. The molecule has 1 aromatic carbocycles. The van der Waals surface area contributed by atoms with E-state index in [4.69, 9.17) is 4.42 Å². The molecular weight excluding hydrogens is 292 g/mol. The van der Waals surface area contributed by atoms with E-state index in [-0.39, 0.29) is 5.54 Å². The van der Waals surface area contributed by atoms with E-state index in [1.807, 2.05) is 13.0 Å². The fraction of sp³-hybridized carbons (Fsp3) is 0.357. The summed E-state index contributed by atoms with van der Waals surface area (Å²) in [5.41, 5.74) is 1.43. The molecule has 0 spiro atoms. The van der Waals surface area contributed by atoms with E-state index >= 15 is 0 Å². The maximum absolute atomic E-state index is 5.49. The molecule has 0 unspecified atom stereocenters. The van der Waals surface area contributed by atoms with Gasteiger partial charge in [-0.15, -0.1) is 0 Å². The minimum Gasteiger partial charge on any atom is -0.445 e. The number of benzene rings is 1. The lowest BCUT2D eigenvalue weighted by atomic mass is 10.1. The average molecular weight is 307 g/mol. The molecule has 1 saturated carbocycles. The summed E-state index contributed by atoms with van der Waals surface area (Å²) in [6, 6.07) is 8.38. The minimum absolute atomic E-state index is 0.0997. The molecule has 0 amide bonds. The number of halogens is 1. The van der Waals surface area contributed by atoms with Gasteiger partial charge in [-0.25, -0.2) is 4.98 Å². The second kappa shape index (κ2) is 4.52. The first-order valence-corrected chi connectivity index (χ1v) is 6.90. The summed E-state index contributed by atoms with van der Waals surface area (Å²) in [5.74, 6) is 1.61. The Labute approximate surface area is 115 Å². The molecule has 94 valence electrons. The van der Waals surface area contributed by atoms with Crippen molar-refractivity contribution in [3.05, 3.63) is 52.1 Å². The van der Waals surface area contributed by atoms with Gasteiger partial charge in [0.25, 0.3) is 0 Å². The highest BCUT2D eigenvalue weighted by Gasteiger charge is 2.45. The highest BCUT2D eigenvalue weighted by molar-refractivity contribution is 9.10. The van der Waals surface area contributed by atoms with Crippen LogP contribution in [0.25, 0.3) is 0 Å². The molecule has 0 bridgehead atoms. The lowest BCUT2D eigenvalue weighted by Gasteiger charge is -2.18. The monoisotopic (exact) mass is 306 g/mol. The summed E-state index contributed by atoms with van der Waals surface area (Å²) < 4.78 is 6.65. The summed E-state index contributed by atoms with van der Waals surface area (Å²) in [6.07, 6.45) is 4.08. The molecule has 1 aliphatic rings. The van der Waals surface area contributed by atoms with Crippen LogP contribution in [-0.4, -0.2) is 4.98 Å². The minimum atomic E-state index is 0.0997. The Hall–Kier alpha value is -1.13. The Morgan fingerprint density at radius 3 is 2.78 bits per heavy atom. The van der Waals surface area contributed by atoms with Gasteiger partial charge < -0.3 is 4.42 Å². The first-order chi connectivity index (χ1) is 8.70. The van der Waals surface area contributed by atoms with Crippen LogP contribution in [0.2, 0.25) is 0 Å². The molecule has 18 heavy (non-hydrogen) atoms. The fourth-order valence-corrected chi connectivity index (χ4v) is 2.91. The van der Waals surface area contributed by atoms with Crippen molar-refractivity contribution in [3.63, 3.8) is 0 Å². The largest absolute Gasteiger partial charge is 0.445 e. The van der Waals surface area contributed by atoms with Gasteiger partial charge in [0.2, 0.25) is 5.89 Å². The fourth-order valence-electron chi connectivity index (χ4n) is 2.24. The highest BCUT2D eigenvalue weighted by atomic mass is 79.9. The molecule has 3 nitrogen and oxygen atoms in total. The van der Waals surface area contributed by atoms with Crippen molar-refractivity contribution in [2.24, 2.45) is 0 Å². The van der Waals surface area contributed by atoms with Gasteiger partial charge in [0.05, 0.1) is 12.7 Å². The predicted molar refractivity (Wildman–Crippen MR) is 73.1 cm³/mol. The Balaban J connectivity index is 1.74. The maximum atomic E-state index is 5.49. The molecule has 0 aliphatic heterocycles. The van der Waals surface area contributed by atoms with Crippen molar-refractivity contribution in [2.75, 3.05) is 0 Å². The van der Waals surface area contributed by atoms with Crippen molar-refractivity contribution in [3.8, 4) is 0 Å². The number of rotatable bonds is 4. The lowest BCUT2D eigenvalue weighted by Crippen LogP contribution is -2.28. The van der Waals surface area contributed by atoms with Crippen molar-refractivity contribution in [2.45, 2.75) is 31.8 Å². The van der Waals surface area contributed by atoms with Gasteiger partial charge >= 0.3 is 0 Å². The molecule has 0 atom stereocenters. The number of nitrogens with zero attached hydrogens (tertiary/aromatic N) is 1. The number of nitrogens with one attached hydrogen (secondary N) is 1. The average Bonchev–Trinajstić information content (AvgIpc) is 3.04. The Kier molecular flexibility index (Phi) is 2.99. The second-order valence-electron chi connectivity index (χ2n) is 4.78. The summed E-state index contributed by atoms with van der Waals surface area (Å²) in [6.45, 7) is 2.59. The van der Waals surface area contributed by atoms with E-state index in [2.05, 4.69) is 44.4 Å². The van der Waals surface area contributed by atoms with Crippen LogP contribution in [0.4, 0.5) is 0 Å². The molecule has 3 rings (SSSR count). The van der Waals surface area contributed by atoms with Gasteiger partial charge in [-0.2, -0.15) is 0 Å². The quantitative estimate of drug-likeness (QED) is 0.939. The molecule has 1 aromatic heterocycles. The smallest absolute Gasteiger partial charge is 0.208 e. The van der Waals surface area contributed by atoms with Crippen LogP contribution >= 0.6 is 15.9 Å². The third kappa shape index (κ3) is 2.22. The third-order valence-corrected chi connectivity index (χ3v) is 4.08. The van der Waals surface area contributed by atoms with E-state index < -0.39 is 0 Å². The van der Waals surface area contributed by atoms with Crippen molar-refractivity contribution in [1.82, 2.24) is 10.3 Å². The van der Waals surface area contributed by atoms with E-state index in [1.54, 1.807) is 6.20 Å². The van der Waals surface area contributed by atoms with Crippen molar-refractivity contribution >= 4 is 15.9 Å². The zero-order valence-corrected chi connectivity index (χ0v) is 11.8. The van der Waals surface area contributed by atoms with E-state index in [1.165, 1.54) is 10.0 Å². The molecule has 0 radical (unpaired) electrons. The topological polar surface area (TPSA) is 38.1 Å². The predicted octanol–water partition coefficient (Wildman–Crippen LogP) is 3.52. The molecule has 1 aliphatic carbocycles. The lowest BCUT2D eigenvalue weighted by molar-refractivity contribution is 0.416. The number of hydrogen-bond donors (Lipinski definition) is 1. The summed E-state index contributed by atoms with van der Waals surface area (Å²) >= 11 is 3.62. The van der Waals surface area contributed by atoms with Crippen LogP contribution < -0.4 is 5.32 Å². The van der Waals surface area contributed by atoms with E-state index in [0.717, 1.165) is 24.5 Å².